The fourth-order valence-electron chi connectivity index (χ4n) is 7.19. The van der Waals surface area contributed by atoms with E-state index in [1.165, 1.54) is 0 Å². The Morgan fingerprint density at radius 3 is 2.13 bits per heavy atom. The molecular weight excluding hydrogens is 787 g/mol. The summed E-state index contributed by atoms with van der Waals surface area (Å²) in [5, 5.41) is 7.14. The van der Waals surface area contributed by atoms with Crippen molar-refractivity contribution in [3.05, 3.63) is 90.3 Å². The Hall–Kier alpha value is -6.20. The largest absolute Gasteiger partial charge is 0.491 e. The molecular formula is C45H49N5O11. The Kier molecular flexibility index (Phi) is 13.7. The highest BCUT2D eigenvalue weighted by Crippen LogP contribution is 2.34. The van der Waals surface area contributed by atoms with Crippen molar-refractivity contribution >= 4 is 57.2 Å². The van der Waals surface area contributed by atoms with Crippen LogP contribution in [0.15, 0.2) is 79.1 Å². The van der Waals surface area contributed by atoms with Crippen molar-refractivity contribution in [1.29, 1.82) is 0 Å². The number of aromatic nitrogens is 2. The van der Waals surface area contributed by atoms with Crippen molar-refractivity contribution in [2.24, 2.45) is 0 Å². The molecule has 3 aromatic carbocycles. The molecule has 0 spiro atoms. The summed E-state index contributed by atoms with van der Waals surface area (Å²) in [5.74, 6) is -1.47. The number of pyridine rings is 1. The third kappa shape index (κ3) is 10.2. The number of carbonyl (C=O) groups is 5. The van der Waals surface area contributed by atoms with Crippen LogP contribution in [0.2, 0.25) is 0 Å². The average Bonchev–Trinajstić information content (AvgIpc) is 3.70. The van der Waals surface area contributed by atoms with Gasteiger partial charge in [0.2, 0.25) is 11.8 Å². The number of amides is 4. The number of anilines is 1. The number of rotatable bonds is 19. The number of ether oxygens (including phenoxy) is 6. The van der Waals surface area contributed by atoms with Crippen molar-refractivity contribution in [3.8, 4) is 16.9 Å². The number of imide groups is 2. The van der Waals surface area contributed by atoms with Gasteiger partial charge in [-0.1, -0.05) is 30.3 Å². The van der Waals surface area contributed by atoms with Gasteiger partial charge in [-0.05, 0) is 74.7 Å². The molecule has 2 N–H and O–H groups in total. The lowest BCUT2D eigenvalue weighted by molar-refractivity contribution is -0.136. The van der Waals surface area contributed by atoms with E-state index in [2.05, 4.69) is 15.6 Å². The SMILES string of the molecule is CC(C)(C)OC(=O)n1c2ccncc2c2ccc(-c3ccc(OCCOCCOCCOCCOCCNc4cccc5c4C(=O)N(C4CCC(=O)NC4=O)C5=O)cc3)cc21. The molecule has 1 saturated heterocycles. The number of carbonyl (C=O) groups excluding carboxylic acids is 5. The summed E-state index contributed by atoms with van der Waals surface area (Å²) in [6.45, 7) is 9.39. The molecule has 2 aromatic heterocycles. The third-order valence-electron chi connectivity index (χ3n) is 9.97. The second-order valence-electron chi connectivity index (χ2n) is 15.4. The monoisotopic (exact) mass is 835 g/mol. The van der Waals surface area contributed by atoms with Crippen molar-refractivity contribution in [3.63, 3.8) is 0 Å². The Morgan fingerprint density at radius 2 is 1.44 bits per heavy atom. The number of nitrogens with one attached hydrogen (secondary N) is 2. The van der Waals surface area contributed by atoms with E-state index < -0.39 is 41.4 Å². The highest BCUT2D eigenvalue weighted by atomic mass is 16.6. The van der Waals surface area contributed by atoms with Gasteiger partial charge in [0.25, 0.3) is 11.8 Å². The van der Waals surface area contributed by atoms with Crippen LogP contribution in [0.25, 0.3) is 32.9 Å². The normalized spacial score (nSPS) is 15.4. The van der Waals surface area contributed by atoms with E-state index in [0.717, 1.165) is 37.8 Å². The molecule has 0 saturated carbocycles. The van der Waals surface area contributed by atoms with Crippen LogP contribution in [0.1, 0.15) is 54.3 Å². The lowest BCUT2D eigenvalue weighted by Crippen LogP contribution is -2.54. The molecule has 61 heavy (non-hydrogen) atoms. The summed E-state index contributed by atoms with van der Waals surface area (Å²) in [5.41, 5.74) is 3.65. The molecule has 4 heterocycles. The summed E-state index contributed by atoms with van der Waals surface area (Å²) in [4.78, 5) is 68.6. The molecule has 16 nitrogen and oxygen atoms in total. The smallest absolute Gasteiger partial charge is 0.419 e. The first-order chi connectivity index (χ1) is 29.5. The summed E-state index contributed by atoms with van der Waals surface area (Å²) < 4.78 is 35.6. The van der Waals surface area contributed by atoms with Crippen LogP contribution < -0.4 is 15.4 Å². The Balaban J connectivity index is 0.734. The van der Waals surface area contributed by atoms with Gasteiger partial charge in [-0.3, -0.25) is 34.4 Å². The third-order valence-corrected chi connectivity index (χ3v) is 9.97. The number of hydrogen-bond acceptors (Lipinski definition) is 13. The van der Waals surface area contributed by atoms with E-state index in [1.54, 1.807) is 35.2 Å². The maximum absolute atomic E-state index is 13.3. The van der Waals surface area contributed by atoms with Crippen LogP contribution in [0.4, 0.5) is 10.5 Å². The van der Waals surface area contributed by atoms with Gasteiger partial charge < -0.3 is 33.7 Å². The molecule has 0 aliphatic carbocycles. The van der Waals surface area contributed by atoms with Crippen LogP contribution >= 0.6 is 0 Å². The Bertz CT molecular complexity index is 2410. The van der Waals surface area contributed by atoms with E-state index in [9.17, 15) is 24.0 Å². The summed E-state index contributed by atoms with van der Waals surface area (Å²) in [6, 6.07) is 19.5. The fraction of sp³-hybridized carbons (Fsp3) is 0.378. The number of hydrogen-bond donors (Lipinski definition) is 2. The van der Waals surface area contributed by atoms with Crippen LogP contribution in [0.3, 0.4) is 0 Å². The highest BCUT2D eigenvalue weighted by molar-refractivity contribution is 6.25. The standard InChI is InChI=1S/C45H49N5O11/c1-45(2,3)61-44(55)49-36-15-16-46-28-34(36)32-12-9-30(27-38(32)49)29-7-10-31(11-8-29)60-26-25-59-24-23-58-22-21-57-20-19-56-18-17-47-35-6-4-5-33-40(35)43(54)50(42(33)53)37-13-14-39(51)48-41(37)52/h4-12,15-16,27-28,37,47H,13-14,17-26H2,1-3H3,(H,48,51,52). The molecule has 1 fully saturated rings. The van der Waals surface area contributed by atoms with Gasteiger partial charge in [-0.15, -0.1) is 0 Å². The van der Waals surface area contributed by atoms with Crippen molar-refractivity contribution in [2.45, 2.75) is 45.3 Å². The van der Waals surface area contributed by atoms with Crippen LogP contribution in [-0.2, 0) is 33.3 Å². The predicted octanol–water partition coefficient (Wildman–Crippen LogP) is 5.60. The second-order valence-corrected chi connectivity index (χ2v) is 15.4. The lowest BCUT2D eigenvalue weighted by atomic mass is 10.0. The molecule has 4 amide bonds. The van der Waals surface area contributed by atoms with E-state index in [0.29, 0.717) is 77.4 Å². The first kappa shape index (κ1) is 42.9. The minimum absolute atomic E-state index is 0.0601. The first-order valence-electron chi connectivity index (χ1n) is 20.2. The minimum Gasteiger partial charge on any atom is -0.491 e. The molecule has 2 aliphatic heterocycles. The number of nitrogens with zero attached hydrogens (tertiary/aromatic N) is 3. The van der Waals surface area contributed by atoms with Gasteiger partial charge in [0, 0.05) is 41.8 Å². The van der Waals surface area contributed by atoms with E-state index in [1.807, 2.05) is 69.3 Å². The van der Waals surface area contributed by atoms with Gasteiger partial charge >= 0.3 is 6.09 Å². The quantitative estimate of drug-likeness (QED) is 0.0775. The van der Waals surface area contributed by atoms with Gasteiger partial charge in [0.15, 0.2) is 0 Å². The lowest BCUT2D eigenvalue weighted by Gasteiger charge is -2.27. The number of benzene rings is 3. The highest BCUT2D eigenvalue weighted by Gasteiger charge is 2.45. The first-order valence-corrected chi connectivity index (χ1v) is 20.2. The fourth-order valence-corrected chi connectivity index (χ4v) is 7.19. The zero-order chi connectivity index (χ0) is 42.9. The summed E-state index contributed by atoms with van der Waals surface area (Å²) in [7, 11) is 0. The van der Waals surface area contributed by atoms with Crippen molar-refractivity contribution in [2.75, 3.05) is 71.3 Å². The summed E-state index contributed by atoms with van der Waals surface area (Å²) >= 11 is 0. The summed E-state index contributed by atoms with van der Waals surface area (Å²) in [6.07, 6.45) is 3.15. The van der Waals surface area contributed by atoms with E-state index >= 15 is 0 Å². The number of piperidine rings is 1. The number of fused-ring (bicyclic) bond motifs is 4. The maximum Gasteiger partial charge on any atom is 0.419 e. The van der Waals surface area contributed by atoms with Crippen LogP contribution in [-0.4, -0.2) is 122 Å². The van der Waals surface area contributed by atoms with E-state index in [-0.39, 0.29) is 24.0 Å². The molecule has 0 bridgehead atoms. The maximum atomic E-state index is 13.3. The van der Waals surface area contributed by atoms with Crippen LogP contribution in [0.5, 0.6) is 5.75 Å². The van der Waals surface area contributed by atoms with E-state index in [4.69, 9.17) is 28.4 Å². The molecule has 7 rings (SSSR count). The molecule has 2 aliphatic rings. The Labute approximate surface area is 352 Å². The van der Waals surface area contributed by atoms with Crippen LogP contribution in [0, 0.1) is 0 Å². The van der Waals surface area contributed by atoms with Gasteiger partial charge in [-0.25, -0.2) is 9.36 Å². The minimum atomic E-state index is -1.02. The van der Waals surface area contributed by atoms with Gasteiger partial charge in [0.05, 0.1) is 75.0 Å². The zero-order valence-corrected chi connectivity index (χ0v) is 34.4. The molecule has 0 radical (unpaired) electrons. The van der Waals surface area contributed by atoms with Gasteiger partial charge in [0.1, 0.15) is 24.0 Å². The topological polar surface area (TPSA) is 186 Å². The van der Waals surface area contributed by atoms with Crippen molar-refractivity contribution in [1.82, 2.24) is 19.8 Å². The van der Waals surface area contributed by atoms with Crippen molar-refractivity contribution < 1.29 is 52.4 Å². The Morgan fingerprint density at radius 1 is 0.770 bits per heavy atom. The van der Waals surface area contributed by atoms with Gasteiger partial charge in [-0.2, -0.15) is 0 Å². The second kappa shape index (κ2) is 19.5. The molecule has 1 atom stereocenters. The molecule has 16 heteroatoms. The zero-order valence-electron chi connectivity index (χ0n) is 34.4. The molecule has 320 valence electrons. The average molecular weight is 836 g/mol. The molecule has 5 aromatic rings. The molecule has 1 unspecified atom stereocenters. The predicted molar refractivity (Wildman–Crippen MR) is 225 cm³/mol.